The zero-order chi connectivity index (χ0) is 18.8. The number of nitrogens with zero attached hydrogens (tertiary/aromatic N) is 2. The molecule has 0 fully saturated rings. The van der Waals surface area contributed by atoms with E-state index in [1.54, 1.807) is 32.4 Å². The maximum absolute atomic E-state index is 12.8. The van der Waals surface area contributed by atoms with Crippen molar-refractivity contribution >= 4 is 27.5 Å². The Labute approximate surface area is 156 Å². The number of methoxy groups -OCH3 is 2. The first-order chi connectivity index (χ1) is 12.5. The van der Waals surface area contributed by atoms with E-state index < -0.39 is 0 Å². The number of aryl methyl sites for hydroxylation is 3. The van der Waals surface area contributed by atoms with Crippen LogP contribution >= 0.6 is 11.3 Å². The third-order valence-corrected chi connectivity index (χ3v) is 5.46. The highest BCUT2D eigenvalue weighted by Gasteiger charge is 2.12. The molecule has 0 saturated carbocycles. The molecule has 1 amide bonds. The average Bonchev–Trinajstić information content (AvgIpc) is 2.98. The van der Waals surface area contributed by atoms with Crippen LogP contribution in [0.1, 0.15) is 28.4 Å². The lowest BCUT2D eigenvalue weighted by Gasteiger charge is -2.06. The molecule has 6 heteroatoms. The summed E-state index contributed by atoms with van der Waals surface area (Å²) in [6.07, 6.45) is 0. The molecule has 0 bridgehead atoms. The first-order valence-corrected chi connectivity index (χ1v) is 9.21. The number of aromatic nitrogens is 1. The number of amides is 1. The molecule has 1 heterocycles. The van der Waals surface area contributed by atoms with Gasteiger partial charge in [0.15, 0.2) is 4.80 Å². The van der Waals surface area contributed by atoms with Crippen LogP contribution in [0.25, 0.3) is 10.2 Å². The highest BCUT2D eigenvalue weighted by molar-refractivity contribution is 7.16. The molecular weight excluding hydrogens is 348 g/mol. The molecule has 3 rings (SSSR count). The Bertz CT molecular complexity index is 1020. The minimum absolute atomic E-state index is 0.315. The summed E-state index contributed by atoms with van der Waals surface area (Å²) >= 11 is 1.54. The number of carbonyl (C=O) groups excluding carboxylic acids is 1. The maximum atomic E-state index is 12.8. The molecule has 0 spiro atoms. The van der Waals surface area contributed by atoms with Gasteiger partial charge in [0.25, 0.3) is 5.91 Å². The molecule has 0 aliphatic heterocycles. The monoisotopic (exact) mass is 370 g/mol. The lowest BCUT2D eigenvalue weighted by molar-refractivity contribution is 0.0997. The van der Waals surface area contributed by atoms with E-state index in [-0.39, 0.29) is 5.91 Å². The van der Waals surface area contributed by atoms with Crippen molar-refractivity contribution < 1.29 is 14.3 Å². The summed E-state index contributed by atoms with van der Waals surface area (Å²) in [5.74, 6) is 0.813. The Hall–Kier alpha value is -2.60. The number of hydrogen-bond acceptors (Lipinski definition) is 4. The van der Waals surface area contributed by atoms with Crippen molar-refractivity contribution in [3.8, 4) is 11.5 Å². The fourth-order valence-corrected chi connectivity index (χ4v) is 4.13. The highest BCUT2D eigenvalue weighted by Crippen LogP contribution is 2.25. The Morgan fingerprint density at radius 2 is 1.73 bits per heavy atom. The third-order valence-electron chi connectivity index (χ3n) is 4.23. The lowest BCUT2D eigenvalue weighted by Crippen LogP contribution is -2.16. The molecule has 0 atom stereocenters. The second-order valence-electron chi connectivity index (χ2n) is 6.08. The van der Waals surface area contributed by atoms with Crippen LogP contribution in [0.2, 0.25) is 0 Å². The normalized spacial score (nSPS) is 11.8. The standard InChI is InChI=1S/C20H22N2O3S/c1-6-22-17-8-12(2)7-13(3)18(17)26-20(22)21-19(23)14-9-15(24-4)11-16(10-14)25-5/h7-11H,6H2,1-5H3. The van der Waals surface area contributed by atoms with Crippen LogP contribution < -0.4 is 14.3 Å². The van der Waals surface area contributed by atoms with Crippen LogP contribution in [0.5, 0.6) is 11.5 Å². The molecule has 3 aromatic rings. The molecule has 0 unspecified atom stereocenters. The number of thiazole rings is 1. The second kappa shape index (κ2) is 7.33. The summed E-state index contributed by atoms with van der Waals surface area (Å²) in [5.41, 5.74) is 3.95. The van der Waals surface area contributed by atoms with Crippen LogP contribution in [0.4, 0.5) is 0 Å². The Balaban J connectivity index is 2.16. The first kappa shape index (κ1) is 18.2. The minimum atomic E-state index is -0.315. The van der Waals surface area contributed by atoms with Crippen molar-refractivity contribution in [2.24, 2.45) is 4.99 Å². The number of benzene rings is 2. The molecule has 26 heavy (non-hydrogen) atoms. The van der Waals surface area contributed by atoms with Crippen molar-refractivity contribution in [1.29, 1.82) is 0 Å². The van der Waals surface area contributed by atoms with Crippen molar-refractivity contribution in [2.75, 3.05) is 14.2 Å². The zero-order valence-electron chi connectivity index (χ0n) is 15.6. The van der Waals surface area contributed by atoms with Crippen LogP contribution in [0, 0.1) is 13.8 Å². The minimum Gasteiger partial charge on any atom is -0.497 e. The Morgan fingerprint density at radius 1 is 1.08 bits per heavy atom. The summed E-state index contributed by atoms with van der Waals surface area (Å²) < 4.78 is 13.7. The molecule has 5 nitrogen and oxygen atoms in total. The summed E-state index contributed by atoms with van der Waals surface area (Å²) in [6, 6.07) is 9.37. The van der Waals surface area contributed by atoms with E-state index in [1.807, 2.05) is 0 Å². The topological polar surface area (TPSA) is 52.8 Å². The van der Waals surface area contributed by atoms with Crippen LogP contribution in [0.3, 0.4) is 0 Å². The third kappa shape index (κ3) is 3.37. The van der Waals surface area contributed by atoms with Gasteiger partial charge in [0.2, 0.25) is 0 Å². The maximum Gasteiger partial charge on any atom is 0.279 e. The van der Waals surface area contributed by atoms with E-state index in [2.05, 4.69) is 42.5 Å². The second-order valence-corrected chi connectivity index (χ2v) is 7.05. The predicted molar refractivity (Wildman–Crippen MR) is 104 cm³/mol. The molecule has 0 radical (unpaired) electrons. The van der Waals surface area contributed by atoms with E-state index in [1.165, 1.54) is 22.5 Å². The molecule has 0 N–H and O–H groups in total. The van der Waals surface area contributed by atoms with Crippen molar-refractivity contribution in [1.82, 2.24) is 4.57 Å². The molecule has 0 saturated heterocycles. The SMILES string of the molecule is CCn1c(=NC(=O)c2cc(OC)cc(OC)c2)sc2c(C)cc(C)cc21. The Kier molecular flexibility index (Phi) is 5.13. The van der Waals surface area contributed by atoms with E-state index in [0.29, 0.717) is 21.9 Å². The largest absolute Gasteiger partial charge is 0.497 e. The zero-order valence-corrected chi connectivity index (χ0v) is 16.4. The first-order valence-electron chi connectivity index (χ1n) is 8.39. The average molecular weight is 370 g/mol. The molecule has 0 aliphatic carbocycles. The molecule has 136 valence electrons. The molecule has 2 aromatic carbocycles. The van der Waals surface area contributed by atoms with Gasteiger partial charge in [0.05, 0.1) is 24.4 Å². The van der Waals surface area contributed by atoms with E-state index >= 15 is 0 Å². The van der Waals surface area contributed by atoms with Crippen LogP contribution in [-0.4, -0.2) is 24.7 Å². The van der Waals surface area contributed by atoms with E-state index in [9.17, 15) is 4.79 Å². The van der Waals surface area contributed by atoms with Crippen molar-refractivity contribution in [3.05, 3.63) is 51.8 Å². The highest BCUT2D eigenvalue weighted by atomic mass is 32.1. The predicted octanol–water partition coefficient (Wildman–Crippen LogP) is 4.10. The van der Waals surface area contributed by atoms with Crippen LogP contribution in [0.15, 0.2) is 35.3 Å². The summed E-state index contributed by atoms with van der Waals surface area (Å²) in [6.45, 7) is 6.97. The summed E-state index contributed by atoms with van der Waals surface area (Å²) in [5, 5.41) is 0. The molecule has 0 aliphatic rings. The van der Waals surface area contributed by atoms with E-state index in [4.69, 9.17) is 9.47 Å². The van der Waals surface area contributed by atoms with Gasteiger partial charge in [-0.15, -0.1) is 0 Å². The fraction of sp³-hybridized carbons (Fsp3) is 0.300. The molecule has 1 aromatic heterocycles. The summed E-state index contributed by atoms with van der Waals surface area (Å²) in [4.78, 5) is 17.9. The van der Waals surface area contributed by atoms with Gasteiger partial charge in [-0.05, 0) is 50.1 Å². The van der Waals surface area contributed by atoms with Gasteiger partial charge in [0.1, 0.15) is 11.5 Å². The van der Waals surface area contributed by atoms with Crippen LogP contribution in [-0.2, 0) is 6.54 Å². The van der Waals surface area contributed by atoms with Crippen molar-refractivity contribution in [3.63, 3.8) is 0 Å². The quantitative estimate of drug-likeness (QED) is 0.695. The smallest absolute Gasteiger partial charge is 0.279 e. The van der Waals surface area contributed by atoms with Gasteiger partial charge < -0.3 is 14.0 Å². The van der Waals surface area contributed by atoms with Gasteiger partial charge in [-0.3, -0.25) is 4.79 Å². The number of carbonyl (C=O) groups is 1. The van der Waals surface area contributed by atoms with Gasteiger partial charge in [-0.2, -0.15) is 4.99 Å². The lowest BCUT2D eigenvalue weighted by atomic mass is 10.1. The number of hydrogen-bond donors (Lipinski definition) is 0. The summed E-state index contributed by atoms with van der Waals surface area (Å²) in [7, 11) is 3.12. The van der Waals surface area contributed by atoms with Gasteiger partial charge in [-0.25, -0.2) is 0 Å². The van der Waals surface area contributed by atoms with Crippen molar-refractivity contribution in [2.45, 2.75) is 27.3 Å². The number of rotatable bonds is 4. The fourth-order valence-electron chi connectivity index (χ4n) is 2.99. The van der Waals surface area contributed by atoms with Gasteiger partial charge in [-0.1, -0.05) is 17.4 Å². The van der Waals surface area contributed by atoms with E-state index in [0.717, 1.165) is 16.8 Å². The number of fused-ring (bicyclic) bond motifs is 1. The Morgan fingerprint density at radius 3 is 2.31 bits per heavy atom. The van der Waals surface area contributed by atoms with Gasteiger partial charge >= 0.3 is 0 Å². The van der Waals surface area contributed by atoms with Gasteiger partial charge in [0, 0.05) is 18.2 Å². The molecular formula is C20H22N2O3S. The number of ether oxygens (including phenoxy) is 2.